The van der Waals surface area contributed by atoms with Crippen LogP contribution in [0.5, 0.6) is 0 Å². The molecule has 0 saturated carbocycles. The number of carboxylic acid groups (broad SMARTS) is 2. The van der Waals surface area contributed by atoms with Gasteiger partial charge in [0.25, 0.3) is 0 Å². The largest absolute Gasteiger partial charge is 0.481 e. The van der Waals surface area contributed by atoms with Crippen LogP contribution in [0.4, 0.5) is 0 Å². The van der Waals surface area contributed by atoms with E-state index in [4.69, 9.17) is 15.9 Å². The molecule has 0 radical (unpaired) electrons. The van der Waals surface area contributed by atoms with Crippen molar-refractivity contribution in [2.24, 2.45) is 17.6 Å². The van der Waals surface area contributed by atoms with Crippen molar-refractivity contribution >= 4 is 11.9 Å². The van der Waals surface area contributed by atoms with E-state index in [1.54, 1.807) is 18.7 Å². The zero-order valence-electron chi connectivity index (χ0n) is 9.72. The Labute approximate surface area is 95.0 Å². The molecule has 0 fully saturated rings. The molecule has 0 spiro atoms. The average Bonchev–Trinajstić information content (AvgIpc) is 2.17. The van der Waals surface area contributed by atoms with Crippen molar-refractivity contribution in [3.8, 4) is 0 Å². The summed E-state index contributed by atoms with van der Waals surface area (Å²) in [5.41, 5.74) is 5.40. The summed E-state index contributed by atoms with van der Waals surface area (Å²) < 4.78 is 0. The second-order valence-electron chi connectivity index (χ2n) is 4.03. The third kappa shape index (κ3) is 5.67. The fourth-order valence-corrected chi connectivity index (χ4v) is 1.37. The van der Waals surface area contributed by atoms with Gasteiger partial charge >= 0.3 is 11.9 Å². The van der Waals surface area contributed by atoms with Crippen molar-refractivity contribution in [2.45, 2.75) is 13.8 Å². The molecule has 0 heterocycles. The molecule has 0 amide bonds. The van der Waals surface area contributed by atoms with E-state index in [0.29, 0.717) is 26.2 Å². The minimum atomic E-state index is -0.884. The molecule has 0 aliphatic heterocycles. The van der Waals surface area contributed by atoms with Gasteiger partial charge < -0.3 is 20.8 Å². The fraction of sp³-hybridized carbons (Fsp3) is 0.800. The lowest BCUT2D eigenvalue weighted by molar-refractivity contribution is -0.142. The number of nitrogens with zero attached hydrogens (tertiary/aromatic N) is 1. The van der Waals surface area contributed by atoms with Crippen LogP contribution in [0.15, 0.2) is 0 Å². The topological polar surface area (TPSA) is 104 Å². The summed E-state index contributed by atoms with van der Waals surface area (Å²) in [4.78, 5) is 23.1. The Kier molecular flexibility index (Phi) is 6.67. The maximum atomic E-state index is 10.7. The van der Waals surface area contributed by atoms with Crippen molar-refractivity contribution in [3.05, 3.63) is 0 Å². The maximum Gasteiger partial charge on any atom is 0.307 e. The van der Waals surface area contributed by atoms with E-state index in [2.05, 4.69) is 0 Å². The predicted octanol–water partition coefficient (Wildman–Crippen LogP) is -0.311. The molecule has 2 atom stereocenters. The van der Waals surface area contributed by atoms with Crippen LogP contribution in [0.1, 0.15) is 13.8 Å². The van der Waals surface area contributed by atoms with Gasteiger partial charge in [0.05, 0.1) is 11.8 Å². The second kappa shape index (κ2) is 7.19. The van der Waals surface area contributed by atoms with Crippen molar-refractivity contribution in [1.82, 2.24) is 4.90 Å². The first-order chi connectivity index (χ1) is 7.38. The first-order valence-corrected chi connectivity index (χ1v) is 5.26. The molecule has 0 aromatic carbocycles. The first-order valence-electron chi connectivity index (χ1n) is 5.26. The second-order valence-corrected chi connectivity index (χ2v) is 4.03. The zero-order valence-corrected chi connectivity index (χ0v) is 9.72. The first kappa shape index (κ1) is 14.9. The summed E-state index contributed by atoms with van der Waals surface area (Å²) >= 11 is 0. The summed E-state index contributed by atoms with van der Waals surface area (Å²) in [6, 6.07) is 0. The third-order valence-electron chi connectivity index (χ3n) is 2.35. The summed E-state index contributed by atoms with van der Waals surface area (Å²) in [6.45, 7) is 4.73. The molecular formula is C10H20N2O4. The molecule has 6 heteroatoms. The van der Waals surface area contributed by atoms with Gasteiger partial charge in [0.2, 0.25) is 0 Å². The van der Waals surface area contributed by atoms with Crippen molar-refractivity contribution < 1.29 is 19.8 Å². The van der Waals surface area contributed by atoms with Gasteiger partial charge in [0.1, 0.15) is 0 Å². The molecule has 0 aliphatic rings. The minimum Gasteiger partial charge on any atom is -0.481 e. The van der Waals surface area contributed by atoms with Crippen LogP contribution in [-0.2, 0) is 9.59 Å². The highest BCUT2D eigenvalue weighted by atomic mass is 16.4. The molecule has 6 nitrogen and oxygen atoms in total. The number of rotatable bonds is 8. The molecule has 0 aromatic rings. The van der Waals surface area contributed by atoms with Crippen molar-refractivity contribution in [3.63, 3.8) is 0 Å². The number of hydrogen-bond acceptors (Lipinski definition) is 4. The highest BCUT2D eigenvalue weighted by Gasteiger charge is 2.20. The van der Waals surface area contributed by atoms with Gasteiger partial charge in [-0.25, -0.2) is 0 Å². The highest BCUT2D eigenvalue weighted by molar-refractivity contribution is 5.70. The molecule has 0 aliphatic carbocycles. The molecular weight excluding hydrogens is 212 g/mol. The zero-order chi connectivity index (χ0) is 12.7. The van der Waals surface area contributed by atoms with Gasteiger partial charge in [-0.3, -0.25) is 9.59 Å². The number of aliphatic carboxylic acids is 2. The van der Waals surface area contributed by atoms with Crippen LogP contribution in [0, 0.1) is 11.8 Å². The molecule has 16 heavy (non-hydrogen) atoms. The fourth-order valence-electron chi connectivity index (χ4n) is 1.37. The van der Waals surface area contributed by atoms with Crippen molar-refractivity contribution in [1.29, 1.82) is 0 Å². The smallest absolute Gasteiger partial charge is 0.307 e. The summed E-state index contributed by atoms with van der Waals surface area (Å²) in [7, 11) is 0. The summed E-state index contributed by atoms with van der Waals surface area (Å²) in [5, 5.41) is 17.5. The Morgan fingerprint density at radius 1 is 1.12 bits per heavy atom. The van der Waals surface area contributed by atoms with E-state index in [1.807, 2.05) is 0 Å². The van der Waals surface area contributed by atoms with E-state index < -0.39 is 23.8 Å². The van der Waals surface area contributed by atoms with Crippen LogP contribution in [-0.4, -0.2) is 53.2 Å². The van der Waals surface area contributed by atoms with Gasteiger partial charge in [-0.1, -0.05) is 13.8 Å². The van der Waals surface area contributed by atoms with Gasteiger partial charge in [-0.05, 0) is 0 Å². The molecule has 94 valence electrons. The Bertz CT molecular complexity index is 223. The number of carbonyl (C=O) groups is 2. The Morgan fingerprint density at radius 2 is 1.50 bits per heavy atom. The predicted molar refractivity (Wildman–Crippen MR) is 59.1 cm³/mol. The van der Waals surface area contributed by atoms with Gasteiger partial charge in [-0.2, -0.15) is 0 Å². The van der Waals surface area contributed by atoms with E-state index in [-0.39, 0.29) is 0 Å². The lowest BCUT2D eigenvalue weighted by Crippen LogP contribution is -2.39. The molecule has 0 rings (SSSR count). The highest BCUT2D eigenvalue weighted by Crippen LogP contribution is 2.04. The Hall–Kier alpha value is -1.14. The van der Waals surface area contributed by atoms with Gasteiger partial charge in [-0.15, -0.1) is 0 Å². The number of nitrogens with two attached hydrogens (primary N) is 1. The lowest BCUT2D eigenvalue weighted by atomic mass is 10.1. The normalized spacial score (nSPS) is 14.8. The van der Waals surface area contributed by atoms with Crippen molar-refractivity contribution in [2.75, 3.05) is 26.2 Å². The lowest BCUT2D eigenvalue weighted by Gasteiger charge is -2.25. The maximum absolute atomic E-state index is 10.7. The number of hydrogen-bond donors (Lipinski definition) is 3. The van der Waals surface area contributed by atoms with E-state index >= 15 is 0 Å². The molecule has 2 unspecified atom stereocenters. The van der Waals surface area contributed by atoms with Crippen LogP contribution in [0.3, 0.4) is 0 Å². The van der Waals surface area contributed by atoms with E-state index in [0.717, 1.165) is 0 Å². The SMILES string of the molecule is CC(CN(CCN)CC(C)C(=O)O)C(=O)O. The quantitative estimate of drug-likeness (QED) is 0.530. The summed E-state index contributed by atoms with van der Waals surface area (Å²) in [6.07, 6.45) is 0. The van der Waals surface area contributed by atoms with Crippen LogP contribution in [0.2, 0.25) is 0 Å². The monoisotopic (exact) mass is 232 g/mol. The Balaban J connectivity index is 4.26. The standard InChI is InChI=1S/C10H20N2O4/c1-7(9(13)14)5-12(4-3-11)6-8(2)10(15)16/h7-8H,3-6,11H2,1-2H3,(H,13,14)(H,15,16). The van der Waals surface area contributed by atoms with E-state index in [1.165, 1.54) is 0 Å². The Morgan fingerprint density at radius 3 is 1.75 bits per heavy atom. The van der Waals surface area contributed by atoms with Crippen LogP contribution in [0.25, 0.3) is 0 Å². The number of carboxylic acids is 2. The minimum absolute atomic E-state index is 0.324. The third-order valence-corrected chi connectivity index (χ3v) is 2.35. The van der Waals surface area contributed by atoms with Crippen LogP contribution < -0.4 is 5.73 Å². The van der Waals surface area contributed by atoms with E-state index in [9.17, 15) is 9.59 Å². The van der Waals surface area contributed by atoms with Gasteiger partial charge in [0, 0.05) is 26.2 Å². The molecule has 0 bridgehead atoms. The molecule has 0 saturated heterocycles. The van der Waals surface area contributed by atoms with Crippen LogP contribution >= 0.6 is 0 Å². The average molecular weight is 232 g/mol. The van der Waals surface area contributed by atoms with Gasteiger partial charge in [0.15, 0.2) is 0 Å². The molecule has 0 aromatic heterocycles. The molecule has 4 N–H and O–H groups in total. The summed E-state index contributed by atoms with van der Waals surface area (Å²) in [5.74, 6) is -2.81.